The summed E-state index contributed by atoms with van der Waals surface area (Å²) in [7, 11) is 0. The summed E-state index contributed by atoms with van der Waals surface area (Å²) >= 11 is 0. The lowest BCUT2D eigenvalue weighted by Gasteiger charge is -2.21. The highest BCUT2D eigenvalue weighted by Crippen LogP contribution is 2.32. The molecule has 0 amide bonds. The van der Waals surface area contributed by atoms with E-state index in [4.69, 9.17) is 0 Å². The summed E-state index contributed by atoms with van der Waals surface area (Å²) in [5.41, 5.74) is 5.56. The van der Waals surface area contributed by atoms with Crippen molar-refractivity contribution in [3.05, 3.63) is 70.8 Å². The number of benzene rings is 2. The first-order valence-electron chi connectivity index (χ1n) is 6.71. The van der Waals surface area contributed by atoms with Gasteiger partial charge >= 0.3 is 0 Å². The van der Waals surface area contributed by atoms with Crippen LogP contribution in [0.5, 0.6) is 0 Å². The molecule has 19 heavy (non-hydrogen) atoms. The van der Waals surface area contributed by atoms with Crippen molar-refractivity contribution in [3.63, 3.8) is 0 Å². The van der Waals surface area contributed by atoms with Gasteiger partial charge in [0, 0.05) is 0 Å². The van der Waals surface area contributed by atoms with Crippen molar-refractivity contribution in [2.75, 3.05) is 0 Å². The fraction of sp³-hybridized carbons (Fsp3) is 0.368. The van der Waals surface area contributed by atoms with Gasteiger partial charge in [-0.05, 0) is 36.8 Å². The van der Waals surface area contributed by atoms with Crippen molar-refractivity contribution in [1.82, 2.24) is 0 Å². The van der Waals surface area contributed by atoms with Gasteiger partial charge in [-0.3, -0.25) is 0 Å². The standard InChI is InChI=1S/C18H22.CH4/c1-13-7-5-9-17(11-13)15(3)16(4)18-10-6-8-14(2)12-18;/h5-12,15-16H,1-4H3;1H4. The zero-order valence-electron chi connectivity index (χ0n) is 11.8. The molecule has 0 aliphatic rings. The van der Waals surface area contributed by atoms with E-state index in [1.807, 2.05) is 0 Å². The van der Waals surface area contributed by atoms with Gasteiger partial charge in [0.05, 0.1) is 0 Å². The van der Waals surface area contributed by atoms with Crippen LogP contribution >= 0.6 is 0 Å². The molecule has 2 rings (SSSR count). The van der Waals surface area contributed by atoms with Gasteiger partial charge in [-0.15, -0.1) is 0 Å². The summed E-state index contributed by atoms with van der Waals surface area (Å²) in [5.74, 6) is 1.10. The summed E-state index contributed by atoms with van der Waals surface area (Å²) in [6, 6.07) is 17.7. The average molecular weight is 254 g/mol. The topological polar surface area (TPSA) is 0 Å². The molecular weight excluding hydrogens is 228 g/mol. The highest BCUT2D eigenvalue weighted by molar-refractivity contribution is 5.31. The first-order chi connectivity index (χ1) is 8.58. The third-order valence-electron chi connectivity index (χ3n) is 3.89. The summed E-state index contributed by atoms with van der Waals surface area (Å²) in [6.07, 6.45) is 0. The minimum Gasteiger partial charge on any atom is -0.0776 e. The van der Waals surface area contributed by atoms with Crippen molar-refractivity contribution in [1.29, 1.82) is 0 Å². The minimum atomic E-state index is 0. The van der Waals surface area contributed by atoms with Crippen LogP contribution in [-0.2, 0) is 0 Å². The minimum absolute atomic E-state index is 0. The molecule has 2 aromatic carbocycles. The third-order valence-corrected chi connectivity index (χ3v) is 3.89. The molecule has 0 saturated carbocycles. The fourth-order valence-electron chi connectivity index (χ4n) is 2.48. The monoisotopic (exact) mass is 254 g/mol. The van der Waals surface area contributed by atoms with Crippen LogP contribution in [0.4, 0.5) is 0 Å². The lowest BCUT2D eigenvalue weighted by atomic mass is 9.83. The smallest absolute Gasteiger partial charge is 0.0124 e. The van der Waals surface area contributed by atoms with Crippen LogP contribution in [0.25, 0.3) is 0 Å². The average Bonchev–Trinajstić information content (AvgIpc) is 2.37. The second-order valence-electron chi connectivity index (χ2n) is 5.41. The van der Waals surface area contributed by atoms with Crippen molar-refractivity contribution in [2.45, 2.75) is 47.0 Å². The largest absolute Gasteiger partial charge is 0.0776 e. The van der Waals surface area contributed by atoms with Crippen LogP contribution in [-0.4, -0.2) is 0 Å². The van der Waals surface area contributed by atoms with E-state index in [0.717, 1.165) is 0 Å². The number of hydrogen-bond acceptors (Lipinski definition) is 0. The molecule has 0 aliphatic carbocycles. The molecule has 0 heteroatoms. The van der Waals surface area contributed by atoms with Crippen LogP contribution in [0, 0.1) is 13.8 Å². The van der Waals surface area contributed by atoms with Crippen molar-refractivity contribution >= 4 is 0 Å². The van der Waals surface area contributed by atoms with E-state index >= 15 is 0 Å². The lowest BCUT2D eigenvalue weighted by Crippen LogP contribution is -2.05. The summed E-state index contributed by atoms with van der Waals surface area (Å²) < 4.78 is 0. The molecule has 0 fully saturated rings. The molecule has 0 aliphatic heterocycles. The molecule has 2 unspecified atom stereocenters. The van der Waals surface area contributed by atoms with Crippen molar-refractivity contribution in [2.24, 2.45) is 0 Å². The maximum Gasteiger partial charge on any atom is -0.0124 e. The maximum absolute atomic E-state index is 2.32. The van der Waals surface area contributed by atoms with E-state index < -0.39 is 0 Å². The molecule has 102 valence electrons. The van der Waals surface area contributed by atoms with Gasteiger partial charge in [0.25, 0.3) is 0 Å². The Balaban J connectivity index is 0.00000180. The van der Waals surface area contributed by atoms with Gasteiger partial charge in [-0.1, -0.05) is 80.9 Å². The van der Waals surface area contributed by atoms with E-state index in [9.17, 15) is 0 Å². The predicted molar refractivity (Wildman–Crippen MR) is 85.9 cm³/mol. The van der Waals surface area contributed by atoms with Crippen molar-refractivity contribution < 1.29 is 0 Å². The molecule has 0 nitrogen and oxygen atoms in total. The zero-order valence-corrected chi connectivity index (χ0v) is 11.8. The van der Waals surface area contributed by atoms with Crippen LogP contribution in [0.3, 0.4) is 0 Å². The van der Waals surface area contributed by atoms with Crippen molar-refractivity contribution in [3.8, 4) is 0 Å². The van der Waals surface area contributed by atoms with E-state index in [0.29, 0.717) is 11.8 Å². The van der Waals surface area contributed by atoms with Gasteiger partial charge in [-0.25, -0.2) is 0 Å². The van der Waals surface area contributed by atoms with Crippen LogP contribution < -0.4 is 0 Å². The molecule has 0 N–H and O–H groups in total. The Hall–Kier alpha value is -1.56. The molecule has 0 aromatic heterocycles. The second kappa shape index (κ2) is 6.56. The van der Waals surface area contributed by atoms with Crippen LogP contribution in [0.2, 0.25) is 0 Å². The van der Waals surface area contributed by atoms with Gasteiger partial charge in [0.2, 0.25) is 0 Å². The second-order valence-corrected chi connectivity index (χ2v) is 5.41. The van der Waals surface area contributed by atoms with E-state index in [-0.39, 0.29) is 7.43 Å². The quantitative estimate of drug-likeness (QED) is 0.645. The summed E-state index contributed by atoms with van der Waals surface area (Å²) in [4.78, 5) is 0. The molecule has 2 atom stereocenters. The number of aryl methyl sites for hydroxylation is 2. The Bertz CT molecular complexity index is 476. The SMILES string of the molecule is C.Cc1cccc(C(C)C(C)c2cccc(C)c2)c1. The first kappa shape index (κ1) is 15.5. The van der Waals surface area contributed by atoms with E-state index in [1.54, 1.807) is 0 Å². The Labute approximate surface area is 118 Å². The Morgan fingerprint density at radius 2 is 1.05 bits per heavy atom. The normalized spacial score (nSPS) is 13.5. The molecule has 0 spiro atoms. The molecule has 2 aromatic rings. The van der Waals surface area contributed by atoms with Crippen LogP contribution in [0.1, 0.15) is 55.4 Å². The molecular formula is C19H26. The van der Waals surface area contributed by atoms with Crippen LogP contribution in [0.15, 0.2) is 48.5 Å². The first-order valence-corrected chi connectivity index (χ1v) is 6.71. The number of rotatable bonds is 3. The maximum atomic E-state index is 2.32. The predicted octanol–water partition coefficient (Wildman–Crippen LogP) is 5.85. The van der Waals surface area contributed by atoms with Gasteiger partial charge < -0.3 is 0 Å². The Morgan fingerprint density at radius 1 is 0.684 bits per heavy atom. The number of hydrogen-bond donors (Lipinski definition) is 0. The summed E-state index contributed by atoms with van der Waals surface area (Å²) in [6.45, 7) is 8.96. The van der Waals surface area contributed by atoms with E-state index in [1.165, 1.54) is 22.3 Å². The van der Waals surface area contributed by atoms with E-state index in [2.05, 4.69) is 76.2 Å². The van der Waals surface area contributed by atoms with Gasteiger partial charge in [0.1, 0.15) is 0 Å². The molecule has 0 saturated heterocycles. The Kier molecular flexibility index (Phi) is 5.35. The lowest BCUT2D eigenvalue weighted by molar-refractivity contribution is 0.623. The highest BCUT2D eigenvalue weighted by atomic mass is 14.2. The molecule has 0 radical (unpaired) electrons. The zero-order chi connectivity index (χ0) is 13.1. The van der Waals surface area contributed by atoms with Gasteiger partial charge in [-0.2, -0.15) is 0 Å². The van der Waals surface area contributed by atoms with Gasteiger partial charge in [0.15, 0.2) is 0 Å². The third kappa shape index (κ3) is 3.70. The highest BCUT2D eigenvalue weighted by Gasteiger charge is 2.16. The fourth-order valence-corrected chi connectivity index (χ4v) is 2.48. The summed E-state index contributed by atoms with van der Waals surface area (Å²) in [5, 5.41) is 0. The molecule has 0 bridgehead atoms. The Morgan fingerprint density at radius 3 is 1.37 bits per heavy atom. The molecule has 0 heterocycles.